The van der Waals surface area contributed by atoms with Gasteiger partial charge in [-0.05, 0) is 12.1 Å². The summed E-state index contributed by atoms with van der Waals surface area (Å²) in [7, 11) is -2.71. The number of rotatable bonds is 2. The van der Waals surface area contributed by atoms with E-state index in [0.717, 1.165) is 0 Å². The van der Waals surface area contributed by atoms with E-state index in [1.165, 1.54) is 31.1 Å². The van der Waals surface area contributed by atoms with Gasteiger partial charge in [0.25, 0.3) is 15.0 Å². The molecule has 43 heavy (non-hydrogen) atoms. The van der Waals surface area contributed by atoms with Crippen LogP contribution in [0.2, 0.25) is 0 Å². The van der Waals surface area contributed by atoms with Crippen molar-refractivity contribution < 1.29 is 46.9 Å². The molecular formula is C22H26BN7O10P2S. The Morgan fingerprint density at radius 2 is 1.65 bits per heavy atom. The molecule has 3 fully saturated rings. The molecule has 10 atom stereocenters. The van der Waals surface area contributed by atoms with Crippen LogP contribution in [0.25, 0.3) is 22.2 Å². The molecule has 4 unspecified atom stereocenters. The summed E-state index contributed by atoms with van der Waals surface area (Å²) in [5, 5.41) is 22.4. The Bertz CT molecular complexity index is 1780. The van der Waals surface area contributed by atoms with Gasteiger partial charge in [0, 0.05) is 0 Å². The molecule has 7 rings (SSSR count). The second-order valence-corrected chi connectivity index (χ2v) is 15.2. The Balaban J connectivity index is 1.20. The molecule has 17 nitrogen and oxygen atoms in total. The van der Waals surface area contributed by atoms with Gasteiger partial charge >= 0.3 is 6.80 Å². The van der Waals surface area contributed by atoms with E-state index < -0.39 is 76.6 Å². The van der Waals surface area contributed by atoms with Gasteiger partial charge in [0.05, 0.1) is 36.9 Å². The van der Waals surface area contributed by atoms with Crippen molar-refractivity contribution in [2.75, 3.05) is 18.9 Å². The lowest BCUT2D eigenvalue weighted by atomic mass is 10.1. The van der Waals surface area contributed by atoms with Crippen LogP contribution in [0.3, 0.4) is 0 Å². The molecule has 3 aromatic heterocycles. The number of fused-ring (bicyclic) bond motifs is 5. The van der Waals surface area contributed by atoms with Crippen molar-refractivity contribution in [3.8, 4) is 0 Å². The van der Waals surface area contributed by atoms with E-state index >= 15 is 0 Å². The number of aliphatic hydroxyl groups excluding tert-OH is 2. The van der Waals surface area contributed by atoms with Crippen molar-refractivity contribution in [2.45, 2.75) is 49.1 Å². The Kier molecular flexibility index (Phi) is 7.42. The second-order valence-electron chi connectivity index (χ2n) is 10.3. The van der Waals surface area contributed by atoms with E-state index in [0.29, 0.717) is 11.0 Å². The quantitative estimate of drug-likeness (QED) is 0.132. The molecule has 0 saturated carbocycles. The van der Waals surface area contributed by atoms with Crippen LogP contribution >= 0.6 is 26.5 Å². The highest BCUT2D eigenvalue weighted by atomic mass is 32.7. The molecule has 0 aliphatic carbocycles. The molecule has 3 saturated heterocycles. The van der Waals surface area contributed by atoms with Gasteiger partial charge < -0.3 is 39.0 Å². The van der Waals surface area contributed by atoms with E-state index in [9.17, 15) is 19.3 Å². The van der Waals surface area contributed by atoms with Crippen LogP contribution in [0.5, 0.6) is 0 Å². The summed E-state index contributed by atoms with van der Waals surface area (Å²) in [4.78, 5) is 16.7. The summed E-state index contributed by atoms with van der Waals surface area (Å²) in [6, 6.07) is 7.23. The maximum absolute atomic E-state index is 13.5. The minimum Gasteiger partial charge on any atom is -0.387 e. The number of ether oxygens (including phenoxy) is 2. The number of hydrogen-bond acceptors (Lipinski definition) is 15. The van der Waals surface area contributed by atoms with Crippen LogP contribution in [-0.2, 0) is 36.7 Å². The van der Waals surface area contributed by atoms with E-state index in [1.807, 2.05) is 12.1 Å². The van der Waals surface area contributed by atoms with Gasteiger partial charge in [0.1, 0.15) is 48.5 Å². The third-order valence-electron chi connectivity index (χ3n) is 7.48. The zero-order chi connectivity index (χ0) is 30.1. The summed E-state index contributed by atoms with van der Waals surface area (Å²) >= 11 is 4.14. The molecule has 228 valence electrons. The Morgan fingerprint density at radius 3 is 2.49 bits per heavy atom. The number of para-hydroxylation sites is 2. The maximum atomic E-state index is 13.5. The molecule has 0 spiro atoms. The van der Waals surface area contributed by atoms with Gasteiger partial charge in [-0.3, -0.25) is 18.2 Å². The summed E-state index contributed by atoms with van der Waals surface area (Å²) in [5.41, 5.74) is 7.78. The first-order chi connectivity index (χ1) is 20.5. The van der Waals surface area contributed by atoms with Crippen LogP contribution in [0, 0.1) is 0 Å². The number of imidazole rings is 2. The van der Waals surface area contributed by atoms with Crippen LogP contribution in [0.15, 0.2) is 43.2 Å². The van der Waals surface area contributed by atoms with Crippen molar-refractivity contribution in [3.05, 3.63) is 43.2 Å². The van der Waals surface area contributed by atoms with Gasteiger partial charge in [-0.2, -0.15) is 0 Å². The van der Waals surface area contributed by atoms with Crippen LogP contribution < -0.4 is 5.73 Å². The fraction of sp³-hybridized carbons (Fsp3) is 0.455. The third-order valence-corrected chi connectivity index (χ3v) is 10.3. The van der Waals surface area contributed by atoms with E-state index in [1.54, 1.807) is 16.7 Å². The molecular weight excluding hydrogens is 627 g/mol. The average Bonchev–Trinajstić information content (AvgIpc) is 3.72. The molecule has 0 radical (unpaired) electrons. The standard InChI is InChI=1S/C22H26BN7O10P2S/c23-41(33)35-5-12-15(31)18(22(37-12)30-9-28-14-19(24)25-7-26-20(14)30)40-42(34,43)36-6-13-17(39-41)16(32)21(38-13)29-8-27-10-3-1-2-4-11(10)29/h1-4,7-9,12-13,15-18,21-22,31-32H,5-6,23H2,(H,34,43)(H2,24,25,26)/t12-,13-,15?,16+,17?,18+,21-,22-,41?,42?/m1/s1. The monoisotopic (exact) mass is 653 g/mol. The number of thiol groups is 1. The predicted molar refractivity (Wildman–Crippen MR) is 154 cm³/mol. The Morgan fingerprint density at radius 1 is 0.907 bits per heavy atom. The van der Waals surface area contributed by atoms with Gasteiger partial charge in [0.15, 0.2) is 23.9 Å². The molecule has 0 amide bonds. The number of hydrogen-bond donors (Lipinski definition) is 4. The minimum absolute atomic E-state index is 0.115. The molecule has 1 aromatic carbocycles. The topological polar surface area (TPSA) is 217 Å². The molecule has 6 heterocycles. The lowest BCUT2D eigenvalue weighted by Gasteiger charge is -2.27. The largest absolute Gasteiger partial charge is 0.387 e. The SMILES string of the molecule is BP1(=O)OC[C@H]2O[C@@H](n3cnc4c(N)ncnc43)[C@@H](OP(=O)(S)OC[C@H]3O[C@@H](n4cnc5ccccc54)[C@@H](O)C3O1)C2O. The number of aromatic nitrogens is 6. The first kappa shape index (κ1) is 29.3. The smallest absolute Gasteiger partial charge is 0.386 e. The number of benzene rings is 1. The zero-order valence-electron chi connectivity index (χ0n) is 22.3. The average molecular weight is 653 g/mol. The second kappa shape index (κ2) is 10.9. The van der Waals surface area contributed by atoms with Crippen molar-refractivity contribution in [1.82, 2.24) is 29.1 Å². The lowest BCUT2D eigenvalue weighted by molar-refractivity contribution is -0.0575. The Labute approximate surface area is 249 Å². The molecule has 4 N–H and O–H groups in total. The predicted octanol–water partition coefficient (Wildman–Crippen LogP) is 0.571. The molecule has 4 aromatic rings. The number of nitrogens with zero attached hydrogens (tertiary/aromatic N) is 6. The fourth-order valence-corrected chi connectivity index (χ4v) is 8.10. The highest BCUT2D eigenvalue weighted by Crippen LogP contribution is 2.58. The summed E-state index contributed by atoms with van der Waals surface area (Å²) in [5.74, 6) is 0.115. The minimum atomic E-state index is -4.25. The zero-order valence-corrected chi connectivity index (χ0v) is 25.0. The van der Waals surface area contributed by atoms with Crippen LogP contribution in [0.1, 0.15) is 12.5 Å². The first-order valence-corrected chi connectivity index (χ1v) is 17.8. The van der Waals surface area contributed by atoms with Crippen LogP contribution in [0.4, 0.5) is 5.82 Å². The summed E-state index contributed by atoms with van der Waals surface area (Å²) < 4.78 is 65.0. The number of aliphatic hydroxyl groups is 2. The van der Waals surface area contributed by atoms with Crippen molar-refractivity contribution in [2.24, 2.45) is 0 Å². The van der Waals surface area contributed by atoms with Gasteiger partial charge in [-0.25, -0.2) is 24.5 Å². The van der Waals surface area contributed by atoms with E-state index in [2.05, 4.69) is 32.2 Å². The summed E-state index contributed by atoms with van der Waals surface area (Å²) in [6.45, 7) is -5.13. The molecule has 3 aliphatic heterocycles. The maximum Gasteiger partial charge on any atom is 0.386 e. The van der Waals surface area contributed by atoms with Crippen molar-refractivity contribution >= 4 is 62.1 Å². The molecule has 3 aliphatic rings. The number of anilines is 1. The highest BCUT2D eigenvalue weighted by molar-refractivity contribution is 8.44. The summed E-state index contributed by atoms with van der Waals surface area (Å²) in [6.07, 6.45) is -5.70. The fourth-order valence-electron chi connectivity index (χ4n) is 5.46. The highest BCUT2D eigenvalue weighted by Gasteiger charge is 2.52. The normalized spacial score (nSPS) is 38.9. The number of nitrogen functional groups attached to an aromatic ring is 1. The lowest BCUT2D eigenvalue weighted by Crippen LogP contribution is -2.36. The van der Waals surface area contributed by atoms with E-state index in [4.69, 9.17) is 33.3 Å². The van der Waals surface area contributed by atoms with Gasteiger partial charge in [-0.15, -0.1) is 0 Å². The van der Waals surface area contributed by atoms with Crippen molar-refractivity contribution in [1.29, 1.82) is 0 Å². The first-order valence-electron chi connectivity index (χ1n) is 13.1. The van der Waals surface area contributed by atoms with Gasteiger partial charge in [-0.1, -0.05) is 24.4 Å². The van der Waals surface area contributed by atoms with Gasteiger partial charge in [0.2, 0.25) is 0 Å². The third kappa shape index (κ3) is 5.32. The number of nitrogens with two attached hydrogens (primary N) is 1. The van der Waals surface area contributed by atoms with Crippen LogP contribution in [-0.4, -0.2) is 96.7 Å². The molecule has 2 bridgehead atoms. The Hall–Kier alpha value is -2.41. The molecule has 21 heteroatoms. The van der Waals surface area contributed by atoms with Crippen molar-refractivity contribution in [3.63, 3.8) is 0 Å². The van der Waals surface area contributed by atoms with E-state index in [-0.39, 0.29) is 17.0 Å².